The summed E-state index contributed by atoms with van der Waals surface area (Å²) in [6, 6.07) is -0.282. The lowest BCUT2D eigenvalue weighted by molar-refractivity contribution is 0.0875. The molecule has 0 radical (unpaired) electrons. The molecular formula is C9H11FN2O4. The summed E-state index contributed by atoms with van der Waals surface area (Å²) in [6.07, 6.45) is 0.556. The molecule has 0 saturated heterocycles. The fraction of sp³-hybridized carbons (Fsp3) is 0.333. The van der Waals surface area contributed by atoms with Gasteiger partial charge in [-0.3, -0.25) is 9.59 Å². The highest BCUT2D eigenvalue weighted by Gasteiger charge is 2.21. The number of hydrogen-bond donors (Lipinski definition) is 3. The van der Waals surface area contributed by atoms with Crippen LogP contribution in [0.2, 0.25) is 0 Å². The van der Waals surface area contributed by atoms with Crippen LogP contribution in [-0.4, -0.2) is 27.0 Å². The standard InChI is InChI=1S/C9H11FN2O4/c1-4(2)11-9(15)7-6(10)8(14)5(13)3-12(7)16/h3-4,13,16H,1-2H3,(H,11,15). The van der Waals surface area contributed by atoms with Gasteiger partial charge < -0.3 is 15.6 Å². The summed E-state index contributed by atoms with van der Waals surface area (Å²) in [5.41, 5.74) is -2.17. The van der Waals surface area contributed by atoms with E-state index >= 15 is 0 Å². The number of rotatable bonds is 2. The highest BCUT2D eigenvalue weighted by atomic mass is 19.1. The lowest BCUT2D eigenvalue weighted by Gasteiger charge is -2.11. The van der Waals surface area contributed by atoms with E-state index in [1.807, 2.05) is 0 Å². The van der Waals surface area contributed by atoms with Crippen molar-refractivity contribution in [2.45, 2.75) is 19.9 Å². The SMILES string of the molecule is CC(C)NC(=O)c1c(F)c(=O)c(O)cn1O. The predicted octanol–water partition coefficient (Wildman–Crippen LogP) is 0.0685. The average Bonchev–Trinajstić information content (AvgIpc) is 2.13. The second-order valence-corrected chi connectivity index (χ2v) is 3.48. The molecule has 0 fully saturated rings. The molecule has 1 aromatic heterocycles. The number of aromatic nitrogens is 1. The number of amides is 1. The van der Waals surface area contributed by atoms with Crippen molar-refractivity contribution in [3.05, 3.63) is 27.9 Å². The van der Waals surface area contributed by atoms with Gasteiger partial charge in [0.2, 0.25) is 5.82 Å². The van der Waals surface area contributed by atoms with E-state index in [0.717, 1.165) is 0 Å². The van der Waals surface area contributed by atoms with Gasteiger partial charge in [-0.1, -0.05) is 0 Å². The molecule has 0 unspecified atom stereocenters. The number of nitrogens with one attached hydrogen (secondary N) is 1. The van der Waals surface area contributed by atoms with Crippen LogP contribution in [0.4, 0.5) is 4.39 Å². The lowest BCUT2D eigenvalue weighted by atomic mass is 10.2. The van der Waals surface area contributed by atoms with Crippen LogP contribution < -0.4 is 10.7 Å². The zero-order chi connectivity index (χ0) is 12.5. The number of nitrogens with zero attached hydrogens (tertiary/aromatic N) is 1. The molecule has 0 atom stereocenters. The fourth-order valence-electron chi connectivity index (χ4n) is 1.09. The van der Waals surface area contributed by atoms with E-state index in [9.17, 15) is 19.2 Å². The van der Waals surface area contributed by atoms with Gasteiger partial charge in [-0.15, -0.1) is 0 Å². The van der Waals surface area contributed by atoms with E-state index in [0.29, 0.717) is 6.20 Å². The number of hydrogen-bond acceptors (Lipinski definition) is 4. The van der Waals surface area contributed by atoms with E-state index in [-0.39, 0.29) is 10.8 Å². The maximum Gasteiger partial charge on any atom is 0.274 e. The maximum atomic E-state index is 13.3. The molecule has 0 aliphatic carbocycles. The second kappa shape index (κ2) is 4.21. The molecule has 1 rings (SSSR count). The van der Waals surface area contributed by atoms with E-state index in [4.69, 9.17) is 5.11 Å². The van der Waals surface area contributed by atoms with Crippen LogP contribution >= 0.6 is 0 Å². The summed E-state index contributed by atoms with van der Waals surface area (Å²) < 4.78 is 13.4. The molecule has 1 aromatic rings. The summed E-state index contributed by atoms with van der Waals surface area (Å²) in [6.45, 7) is 3.27. The number of carbonyl (C=O) groups is 1. The minimum Gasteiger partial charge on any atom is -0.503 e. The zero-order valence-corrected chi connectivity index (χ0v) is 8.69. The molecule has 7 heteroatoms. The van der Waals surface area contributed by atoms with E-state index in [1.165, 1.54) is 0 Å². The molecule has 0 saturated carbocycles. The number of halogens is 1. The summed E-state index contributed by atoms with van der Waals surface area (Å²) in [4.78, 5) is 22.4. The zero-order valence-electron chi connectivity index (χ0n) is 8.69. The van der Waals surface area contributed by atoms with Crippen molar-refractivity contribution in [3.8, 4) is 5.75 Å². The van der Waals surface area contributed by atoms with Crippen LogP contribution in [-0.2, 0) is 0 Å². The molecule has 0 bridgehead atoms. The van der Waals surface area contributed by atoms with Gasteiger partial charge in [-0.05, 0) is 13.8 Å². The predicted molar refractivity (Wildman–Crippen MR) is 52.1 cm³/mol. The van der Waals surface area contributed by atoms with Gasteiger partial charge in [0.1, 0.15) is 0 Å². The molecule has 0 aliphatic heterocycles. The van der Waals surface area contributed by atoms with Gasteiger partial charge in [0.25, 0.3) is 11.3 Å². The Morgan fingerprint density at radius 3 is 2.62 bits per heavy atom. The first-order chi connectivity index (χ1) is 7.34. The van der Waals surface area contributed by atoms with Crippen LogP contribution in [0, 0.1) is 5.82 Å². The van der Waals surface area contributed by atoms with Gasteiger partial charge in [0, 0.05) is 6.04 Å². The first kappa shape index (κ1) is 12.0. The third-order valence-electron chi connectivity index (χ3n) is 1.75. The normalized spacial score (nSPS) is 10.5. The monoisotopic (exact) mass is 230 g/mol. The van der Waals surface area contributed by atoms with Crippen molar-refractivity contribution in [2.75, 3.05) is 0 Å². The van der Waals surface area contributed by atoms with Crippen LogP contribution in [0.3, 0.4) is 0 Å². The largest absolute Gasteiger partial charge is 0.503 e. The minimum absolute atomic E-state index is 0.0732. The topological polar surface area (TPSA) is 91.6 Å². The molecule has 1 amide bonds. The minimum atomic E-state index is -1.50. The van der Waals surface area contributed by atoms with Crippen LogP contribution in [0.25, 0.3) is 0 Å². The van der Waals surface area contributed by atoms with Crippen molar-refractivity contribution < 1.29 is 19.5 Å². The van der Waals surface area contributed by atoms with E-state index in [1.54, 1.807) is 13.8 Å². The maximum absolute atomic E-state index is 13.3. The Kier molecular flexibility index (Phi) is 3.17. The molecular weight excluding hydrogens is 219 g/mol. The molecule has 0 aromatic carbocycles. The smallest absolute Gasteiger partial charge is 0.274 e. The van der Waals surface area contributed by atoms with Crippen LogP contribution in [0.15, 0.2) is 11.0 Å². The Bertz CT molecular complexity index is 481. The molecule has 0 aliphatic rings. The Balaban J connectivity index is 3.29. The van der Waals surface area contributed by atoms with Crippen LogP contribution in [0.5, 0.6) is 5.75 Å². The highest BCUT2D eigenvalue weighted by molar-refractivity contribution is 5.92. The Labute approximate surface area is 89.9 Å². The summed E-state index contributed by atoms with van der Waals surface area (Å²) in [5, 5.41) is 20.4. The van der Waals surface area contributed by atoms with Crippen molar-refractivity contribution in [2.24, 2.45) is 0 Å². The summed E-state index contributed by atoms with van der Waals surface area (Å²) in [7, 11) is 0. The molecule has 0 spiro atoms. The van der Waals surface area contributed by atoms with E-state index < -0.39 is 28.6 Å². The van der Waals surface area contributed by atoms with Gasteiger partial charge in [-0.2, -0.15) is 9.12 Å². The average molecular weight is 230 g/mol. The van der Waals surface area contributed by atoms with Crippen molar-refractivity contribution in [1.82, 2.24) is 10.0 Å². The molecule has 3 N–H and O–H groups in total. The van der Waals surface area contributed by atoms with Gasteiger partial charge in [0.15, 0.2) is 11.4 Å². The Morgan fingerprint density at radius 1 is 1.56 bits per heavy atom. The lowest BCUT2D eigenvalue weighted by Crippen LogP contribution is -2.34. The third-order valence-corrected chi connectivity index (χ3v) is 1.75. The molecule has 6 nitrogen and oxygen atoms in total. The van der Waals surface area contributed by atoms with Crippen LogP contribution in [0.1, 0.15) is 24.3 Å². The van der Waals surface area contributed by atoms with Crippen molar-refractivity contribution in [3.63, 3.8) is 0 Å². The fourth-order valence-corrected chi connectivity index (χ4v) is 1.09. The van der Waals surface area contributed by atoms with Gasteiger partial charge in [-0.25, -0.2) is 0 Å². The van der Waals surface area contributed by atoms with Gasteiger partial charge >= 0.3 is 0 Å². The molecule has 1 heterocycles. The van der Waals surface area contributed by atoms with Gasteiger partial charge in [0.05, 0.1) is 6.20 Å². The Morgan fingerprint density at radius 2 is 2.12 bits per heavy atom. The number of carbonyl (C=O) groups excluding carboxylic acids is 1. The molecule has 88 valence electrons. The number of pyridine rings is 1. The molecule has 16 heavy (non-hydrogen) atoms. The van der Waals surface area contributed by atoms with Crippen molar-refractivity contribution in [1.29, 1.82) is 0 Å². The summed E-state index contributed by atoms with van der Waals surface area (Å²) in [5.74, 6) is -3.41. The summed E-state index contributed by atoms with van der Waals surface area (Å²) >= 11 is 0. The third kappa shape index (κ3) is 2.13. The second-order valence-electron chi connectivity index (χ2n) is 3.48. The highest BCUT2D eigenvalue weighted by Crippen LogP contribution is 2.08. The quantitative estimate of drug-likeness (QED) is 0.627. The Hall–Kier alpha value is -2.05. The van der Waals surface area contributed by atoms with E-state index in [2.05, 4.69) is 5.32 Å². The first-order valence-corrected chi connectivity index (χ1v) is 4.48. The first-order valence-electron chi connectivity index (χ1n) is 4.48. The van der Waals surface area contributed by atoms with Crippen molar-refractivity contribution >= 4 is 5.91 Å². The number of aromatic hydroxyl groups is 1.